The van der Waals surface area contributed by atoms with Crippen LogP contribution in [-0.2, 0) is 9.59 Å². The highest BCUT2D eigenvalue weighted by atomic mass is 32.1. The number of benzene rings is 1. The molecular formula is C14H12N2O3S. The number of aliphatic hydroxyl groups excluding tert-OH is 1. The Kier molecular flexibility index (Phi) is 3.25. The Morgan fingerprint density at radius 1 is 1.10 bits per heavy atom. The van der Waals surface area contributed by atoms with Gasteiger partial charge in [-0.3, -0.25) is 9.59 Å². The van der Waals surface area contributed by atoms with Crippen LogP contribution in [0.2, 0.25) is 0 Å². The maximum absolute atomic E-state index is 11.5. The molecule has 1 unspecified atom stereocenters. The van der Waals surface area contributed by atoms with Gasteiger partial charge in [-0.15, -0.1) is 11.3 Å². The topological polar surface area (TPSA) is 78.4 Å². The molecule has 0 saturated carbocycles. The monoisotopic (exact) mass is 288 g/mol. The largest absolute Gasteiger partial charge is 0.383 e. The summed E-state index contributed by atoms with van der Waals surface area (Å²) in [6, 6.07) is 8.82. The molecule has 1 aromatic carbocycles. The number of aliphatic hydroxyl groups is 1. The Hall–Kier alpha value is -2.18. The highest BCUT2D eigenvalue weighted by Crippen LogP contribution is 2.32. The van der Waals surface area contributed by atoms with Crippen molar-refractivity contribution in [3.05, 3.63) is 46.2 Å². The van der Waals surface area contributed by atoms with Crippen molar-refractivity contribution in [2.75, 3.05) is 10.6 Å². The second kappa shape index (κ2) is 5.07. The first-order valence-electron chi connectivity index (χ1n) is 6.08. The van der Waals surface area contributed by atoms with Gasteiger partial charge in [0, 0.05) is 4.88 Å². The fourth-order valence-corrected chi connectivity index (χ4v) is 2.83. The first kappa shape index (κ1) is 12.8. The summed E-state index contributed by atoms with van der Waals surface area (Å²) >= 11 is 1.46. The summed E-state index contributed by atoms with van der Waals surface area (Å²) in [7, 11) is 0. The van der Waals surface area contributed by atoms with Gasteiger partial charge >= 0.3 is 0 Å². The van der Waals surface area contributed by atoms with E-state index in [4.69, 9.17) is 0 Å². The number of amides is 2. The minimum absolute atomic E-state index is 0.197. The highest BCUT2D eigenvalue weighted by Gasteiger charge is 2.20. The summed E-state index contributed by atoms with van der Waals surface area (Å²) in [6.45, 7) is 0. The highest BCUT2D eigenvalue weighted by molar-refractivity contribution is 7.10. The lowest BCUT2D eigenvalue weighted by Crippen LogP contribution is -2.16. The maximum Gasteiger partial charge on any atom is 0.233 e. The summed E-state index contributed by atoms with van der Waals surface area (Å²) in [4.78, 5) is 23.8. The first-order valence-corrected chi connectivity index (χ1v) is 6.96. The first-order chi connectivity index (χ1) is 9.63. The van der Waals surface area contributed by atoms with E-state index in [2.05, 4.69) is 10.6 Å². The minimum atomic E-state index is -0.740. The average Bonchev–Trinajstić information content (AvgIpc) is 2.88. The van der Waals surface area contributed by atoms with E-state index in [0.717, 1.165) is 4.88 Å². The predicted octanol–water partition coefficient (Wildman–Crippen LogP) is 2.11. The molecule has 0 spiro atoms. The van der Waals surface area contributed by atoms with Crippen LogP contribution in [0.3, 0.4) is 0 Å². The zero-order valence-electron chi connectivity index (χ0n) is 10.4. The molecule has 102 valence electrons. The Morgan fingerprint density at radius 3 is 2.55 bits per heavy atom. The molecule has 2 amide bonds. The predicted molar refractivity (Wildman–Crippen MR) is 76.7 cm³/mol. The smallest absolute Gasteiger partial charge is 0.233 e. The van der Waals surface area contributed by atoms with Crippen molar-refractivity contribution in [3.8, 4) is 0 Å². The number of carbonyl (C=O) groups excluding carboxylic acids is 2. The van der Waals surface area contributed by atoms with Crippen molar-refractivity contribution in [1.82, 2.24) is 0 Å². The molecule has 2 heterocycles. The van der Waals surface area contributed by atoms with Crippen LogP contribution in [0.15, 0.2) is 35.7 Å². The van der Waals surface area contributed by atoms with Crippen LogP contribution in [0.25, 0.3) is 0 Å². The van der Waals surface area contributed by atoms with Gasteiger partial charge in [-0.05, 0) is 29.1 Å². The lowest BCUT2D eigenvalue weighted by atomic mass is 10.1. The summed E-state index contributed by atoms with van der Waals surface area (Å²) < 4.78 is 0. The fraction of sp³-hybridized carbons (Fsp3) is 0.143. The molecule has 0 radical (unpaired) electrons. The SMILES string of the molecule is O=C1CC(=O)Nc2cc(C(O)c3cccs3)ccc2N1. The zero-order valence-corrected chi connectivity index (χ0v) is 11.2. The van der Waals surface area contributed by atoms with Gasteiger partial charge in [0.25, 0.3) is 0 Å². The van der Waals surface area contributed by atoms with Crippen molar-refractivity contribution in [3.63, 3.8) is 0 Å². The molecule has 20 heavy (non-hydrogen) atoms. The molecule has 3 N–H and O–H groups in total. The van der Waals surface area contributed by atoms with Crippen LogP contribution in [-0.4, -0.2) is 16.9 Å². The van der Waals surface area contributed by atoms with E-state index in [1.54, 1.807) is 18.2 Å². The Labute approximate surface area is 119 Å². The fourth-order valence-electron chi connectivity index (χ4n) is 2.09. The summed E-state index contributed by atoms with van der Waals surface area (Å²) in [6.07, 6.45) is -0.937. The van der Waals surface area contributed by atoms with Gasteiger partial charge in [0.15, 0.2) is 0 Å². The third-order valence-corrected chi connectivity index (χ3v) is 3.97. The Balaban J connectivity index is 1.96. The van der Waals surface area contributed by atoms with Gasteiger partial charge in [0.1, 0.15) is 12.5 Å². The van der Waals surface area contributed by atoms with E-state index in [9.17, 15) is 14.7 Å². The lowest BCUT2D eigenvalue weighted by molar-refractivity contribution is -0.123. The van der Waals surface area contributed by atoms with E-state index < -0.39 is 6.10 Å². The van der Waals surface area contributed by atoms with Crippen molar-refractivity contribution in [2.45, 2.75) is 12.5 Å². The van der Waals surface area contributed by atoms with Gasteiger partial charge in [0.05, 0.1) is 11.4 Å². The second-order valence-electron chi connectivity index (χ2n) is 4.50. The molecule has 0 aliphatic carbocycles. The molecule has 1 aliphatic heterocycles. The number of hydrogen-bond donors (Lipinski definition) is 3. The van der Waals surface area contributed by atoms with E-state index in [-0.39, 0.29) is 18.2 Å². The number of nitrogens with one attached hydrogen (secondary N) is 2. The molecule has 1 atom stereocenters. The van der Waals surface area contributed by atoms with Crippen LogP contribution in [0.1, 0.15) is 23.0 Å². The summed E-state index contributed by atoms with van der Waals surface area (Å²) in [5.41, 5.74) is 1.72. The third-order valence-electron chi connectivity index (χ3n) is 3.04. The summed E-state index contributed by atoms with van der Waals surface area (Å²) in [5, 5.41) is 17.5. The quantitative estimate of drug-likeness (QED) is 0.741. The van der Waals surface area contributed by atoms with E-state index in [1.807, 2.05) is 17.5 Å². The number of fused-ring (bicyclic) bond motifs is 1. The second-order valence-corrected chi connectivity index (χ2v) is 5.48. The van der Waals surface area contributed by atoms with Crippen molar-refractivity contribution in [1.29, 1.82) is 0 Å². The van der Waals surface area contributed by atoms with E-state index in [1.165, 1.54) is 11.3 Å². The van der Waals surface area contributed by atoms with Crippen molar-refractivity contribution < 1.29 is 14.7 Å². The Bertz CT molecular complexity index is 667. The van der Waals surface area contributed by atoms with Gasteiger partial charge in [-0.2, -0.15) is 0 Å². The molecule has 2 aromatic rings. The molecule has 1 aromatic heterocycles. The van der Waals surface area contributed by atoms with Gasteiger partial charge in [0.2, 0.25) is 11.8 Å². The summed E-state index contributed by atoms with van der Waals surface area (Å²) in [5.74, 6) is -0.697. The normalized spacial score (nSPS) is 15.8. The molecule has 1 aliphatic rings. The third kappa shape index (κ3) is 2.43. The molecule has 0 saturated heterocycles. The van der Waals surface area contributed by atoms with Crippen LogP contribution in [0.5, 0.6) is 0 Å². The molecule has 0 fully saturated rings. The standard InChI is InChI=1S/C14H12N2O3S/c17-12-7-13(18)16-10-6-8(3-4-9(10)15-12)14(19)11-2-1-5-20-11/h1-6,14,19H,7H2,(H,15,17)(H,16,18). The van der Waals surface area contributed by atoms with Crippen molar-refractivity contribution in [2.24, 2.45) is 0 Å². The number of anilines is 2. The molecular weight excluding hydrogens is 276 g/mol. The van der Waals surface area contributed by atoms with Crippen LogP contribution in [0.4, 0.5) is 11.4 Å². The van der Waals surface area contributed by atoms with Gasteiger partial charge in [-0.1, -0.05) is 12.1 Å². The molecule has 5 nitrogen and oxygen atoms in total. The van der Waals surface area contributed by atoms with Crippen LogP contribution in [0, 0.1) is 0 Å². The molecule has 3 rings (SSSR count). The van der Waals surface area contributed by atoms with Crippen molar-refractivity contribution >= 4 is 34.5 Å². The molecule has 6 heteroatoms. The zero-order chi connectivity index (χ0) is 14.1. The number of thiophene rings is 1. The van der Waals surface area contributed by atoms with E-state index >= 15 is 0 Å². The van der Waals surface area contributed by atoms with Gasteiger partial charge in [-0.25, -0.2) is 0 Å². The Morgan fingerprint density at radius 2 is 1.85 bits per heavy atom. The maximum atomic E-state index is 11.5. The lowest BCUT2D eigenvalue weighted by Gasteiger charge is -2.13. The minimum Gasteiger partial charge on any atom is -0.383 e. The van der Waals surface area contributed by atoms with Crippen LogP contribution >= 0.6 is 11.3 Å². The molecule has 0 bridgehead atoms. The number of hydrogen-bond acceptors (Lipinski definition) is 4. The average molecular weight is 288 g/mol. The van der Waals surface area contributed by atoms with E-state index in [0.29, 0.717) is 16.9 Å². The number of rotatable bonds is 2. The van der Waals surface area contributed by atoms with Gasteiger partial charge < -0.3 is 15.7 Å². The van der Waals surface area contributed by atoms with Crippen LogP contribution < -0.4 is 10.6 Å². The number of carbonyl (C=O) groups is 2.